The van der Waals surface area contributed by atoms with Crippen molar-refractivity contribution in [1.82, 2.24) is 14.9 Å². The zero-order valence-electron chi connectivity index (χ0n) is 16.1. The van der Waals surface area contributed by atoms with Gasteiger partial charge in [0.25, 0.3) is 0 Å². The van der Waals surface area contributed by atoms with Gasteiger partial charge < -0.3 is 20.6 Å². The van der Waals surface area contributed by atoms with E-state index in [2.05, 4.69) is 20.3 Å². The Bertz CT molecular complexity index is 1030. The zero-order valence-corrected chi connectivity index (χ0v) is 16.9. The maximum atomic E-state index is 12.6. The molecule has 0 aliphatic heterocycles. The standard InChI is InChI=1S/C19H19F2N5O3S/c1-11(17(27)23-13-8-4-6-10-15(13)29-18(20)21)30-19-25-24-16(26(19)22)12-7-3-5-9-14(12)28-2/h3-11,18H,22H2,1-2H3,(H,23,27). The number of ether oxygens (including phenoxy) is 2. The maximum absolute atomic E-state index is 12.6. The minimum absolute atomic E-state index is 0.126. The van der Waals surface area contributed by atoms with Crippen LogP contribution in [0.3, 0.4) is 0 Å². The lowest BCUT2D eigenvalue weighted by molar-refractivity contribution is -0.115. The van der Waals surface area contributed by atoms with Crippen LogP contribution in [-0.4, -0.2) is 39.8 Å². The van der Waals surface area contributed by atoms with Gasteiger partial charge in [-0.3, -0.25) is 4.79 Å². The van der Waals surface area contributed by atoms with Crippen molar-refractivity contribution in [3.63, 3.8) is 0 Å². The summed E-state index contributed by atoms with van der Waals surface area (Å²) in [6, 6.07) is 13.1. The summed E-state index contributed by atoms with van der Waals surface area (Å²) in [5, 5.41) is 10.4. The molecule has 2 aromatic carbocycles. The van der Waals surface area contributed by atoms with Crippen LogP contribution in [0.15, 0.2) is 53.7 Å². The lowest BCUT2D eigenvalue weighted by Crippen LogP contribution is -2.24. The van der Waals surface area contributed by atoms with E-state index >= 15 is 0 Å². The summed E-state index contributed by atoms with van der Waals surface area (Å²) in [4.78, 5) is 12.6. The number of carbonyl (C=O) groups excluding carboxylic acids is 1. The maximum Gasteiger partial charge on any atom is 0.387 e. The number of halogens is 2. The molecule has 8 nitrogen and oxygen atoms in total. The fourth-order valence-corrected chi connectivity index (χ4v) is 3.36. The minimum atomic E-state index is -3.00. The summed E-state index contributed by atoms with van der Waals surface area (Å²) in [6.07, 6.45) is 0. The molecule has 1 atom stereocenters. The molecule has 0 saturated heterocycles. The number of nitrogens with zero attached hydrogens (tertiary/aromatic N) is 3. The number of hydrogen-bond acceptors (Lipinski definition) is 7. The SMILES string of the molecule is COc1ccccc1-c1nnc(SC(C)C(=O)Nc2ccccc2OC(F)F)n1N. The topological polar surface area (TPSA) is 104 Å². The third kappa shape index (κ3) is 4.79. The molecule has 3 rings (SSSR count). The molecule has 0 aliphatic carbocycles. The van der Waals surface area contributed by atoms with Gasteiger partial charge in [-0.05, 0) is 31.2 Å². The first-order valence-corrected chi connectivity index (χ1v) is 9.64. The first-order valence-electron chi connectivity index (χ1n) is 8.76. The minimum Gasteiger partial charge on any atom is -0.496 e. The third-order valence-corrected chi connectivity index (χ3v) is 5.08. The summed E-state index contributed by atoms with van der Waals surface area (Å²) < 4.78 is 36.1. The number of thioether (sulfide) groups is 1. The van der Waals surface area contributed by atoms with Crippen molar-refractivity contribution in [1.29, 1.82) is 0 Å². The molecule has 11 heteroatoms. The van der Waals surface area contributed by atoms with Gasteiger partial charge in [-0.2, -0.15) is 8.78 Å². The molecule has 3 aromatic rings. The number of nitrogens with two attached hydrogens (primary N) is 1. The quantitative estimate of drug-likeness (QED) is 0.413. The predicted molar refractivity (Wildman–Crippen MR) is 109 cm³/mol. The summed E-state index contributed by atoms with van der Waals surface area (Å²) in [5.41, 5.74) is 0.788. The first kappa shape index (κ1) is 21.4. The number of benzene rings is 2. The number of para-hydroxylation sites is 3. The number of nitrogens with one attached hydrogen (secondary N) is 1. The molecule has 0 bridgehead atoms. The Balaban J connectivity index is 1.73. The van der Waals surface area contributed by atoms with E-state index < -0.39 is 17.8 Å². The van der Waals surface area contributed by atoms with Crippen LogP contribution in [0.4, 0.5) is 14.5 Å². The van der Waals surface area contributed by atoms with E-state index in [1.165, 1.54) is 30.0 Å². The van der Waals surface area contributed by atoms with Gasteiger partial charge in [0.05, 0.1) is 23.6 Å². The van der Waals surface area contributed by atoms with Crippen LogP contribution in [0.25, 0.3) is 11.4 Å². The highest BCUT2D eigenvalue weighted by atomic mass is 32.2. The van der Waals surface area contributed by atoms with Crippen molar-refractivity contribution in [3.8, 4) is 22.9 Å². The monoisotopic (exact) mass is 435 g/mol. The van der Waals surface area contributed by atoms with Crippen LogP contribution in [0.2, 0.25) is 0 Å². The van der Waals surface area contributed by atoms with Gasteiger partial charge in [0, 0.05) is 0 Å². The van der Waals surface area contributed by atoms with Crippen molar-refractivity contribution >= 4 is 23.4 Å². The van der Waals surface area contributed by atoms with Gasteiger partial charge >= 0.3 is 6.61 Å². The predicted octanol–water partition coefficient (Wildman–Crippen LogP) is 3.39. The van der Waals surface area contributed by atoms with E-state index in [1.807, 2.05) is 12.1 Å². The first-order chi connectivity index (χ1) is 14.4. The highest BCUT2D eigenvalue weighted by Crippen LogP contribution is 2.31. The van der Waals surface area contributed by atoms with E-state index in [9.17, 15) is 13.6 Å². The van der Waals surface area contributed by atoms with Gasteiger partial charge in [0.15, 0.2) is 5.82 Å². The molecule has 158 valence electrons. The average Bonchev–Trinajstić information content (AvgIpc) is 3.09. The van der Waals surface area contributed by atoms with E-state index in [4.69, 9.17) is 10.6 Å². The van der Waals surface area contributed by atoms with Gasteiger partial charge in [-0.25, -0.2) is 4.68 Å². The van der Waals surface area contributed by atoms with E-state index in [0.29, 0.717) is 22.3 Å². The van der Waals surface area contributed by atoms with Crippen LogP contribution in [-0.2, 0) is 4.79 Å². The molecule has 1 amide bonds. The van der Waals surface area contributed by atoms with Crippen LogP contribution in [0.5, 0.6) is 11.5 Å². The number of nitrogen functional groups attached to an aromatic ring is 1. The summed E-state index contributed by atoms with van der Waals surface area (Å²) in [6.45, 7) is -1.37. The van der Waals surface area contributed by atoms with Crippen molar-refractivity contribution in [2.75, 3.05) is 18.3 Å². The van der Waals surface area contributed by atoms with E-state index in [-0.39, 0.29) is 11.4 Å². The van der Waals surface area contributed by atoms with Gasteiger partial charge in [0.2, 0.25) is 11.1 Å². The molecule has 0 fully saturated rings. The lowest BCUT2D eigenvalue weighted by atomic mass is 10.2. The zero-order chi connectivity index (χ0) is 21.7. The Morgan fingerprint density at radius 1 is 1.13 bits per heavy atom. The fraction of sp³-hybridized carbons (Fsp3) is 0.211. The van der Waals surface area contributed by atoms with Crippen LogP contribution in [0, 0.1) is 0 Å². The number of rotatable bonds is 8. The largest absolute Gasteiger partial charge is 0.496 e. The number of methoxy groups -OCH3 is 1. The molecular weight excluding hydrogens is 416 g/mol. The molecule has 0 aliphatic rings. The normalized spacial score (nSPS) is 11.9. The van der Waals surface area contributed by atoms with Crippen LogP contribution in [0.1, 0.15) is 6.92 Å². The Kier molecular flexibility index (Phi) is 6.72. The number of alkyl halides is 2. The summed E-state index contributed by atoms with van der Waals surface area (Å²) in [7, 11) is 1.54. The smallest absolute Gasteiger partial charge is 0.387 e. The van der Waals surface area contributed by atoms with Gasteiger partial charge in [0.1, 0.15) is 11.5 Å². The number of hydrogen-bond donors (Lipinski definition) is 2. The molecule has 3 N–H and O–H groups in total. The highest BCUT2D eigenvalue weighted by Gasteiger charge is 2.22. The fourth-order valence-electron chi connectivity index (χ4n) is 2.59. The van der Waals surface area contributed by atoms with Gasteiger partial charge in [-0.1, -0.05) is 36.0 Å². The Morgan fingerprint density at radius 3 is 2.50 bits per heavy atom. The second-order valence-electron chi connectivity index (χ2n) is 6.00. The van der Waals surface area contributed by atoms with Crippen molar-refractivity contribution in [2.45, 2.75) is 23.9 Å². The van der Waals surface area contributed by atoms with Crippen LogP contribution >= 0.6 is 11.8 Å². The molecule has 1 aromatic heterocycles. The molecule has 0 saturated carbocycles. The summed E-state index contributed by atoms with van der Waals surface area (Å²) >= 11 is 1.07. The van der Waals surface area contributed by atoms with Crippen molar-refractivity contribution < 1.29 is 23.0 Å². The average molecular weight is 435 g/mol. The molecule has 0 radical (unpaired) electrons. The second-order valence-corrected chi connectivity index (χ2v) is 7.31. The molecule has 30 heavy (non-hydrogen) atoms. The Hall–Kier alpha value is -3.34. The van der Waals surface area contributed by atoms with Crippen molar-refractivity contribution in [2.24, 2.45) is 0 Å². The molecular formula is C19H19F2N5O3S. The third-order valence-electron chi connectivity index (χ3n) is 4.02. The number of carbonyl (C=O) groups is 1. The number of anilines is 1. The highest BCUT2D eigenvalue weighted by molar-refractivity contribution is 8.00. The molecule has 0 spiro atoms. The molecule has 1 unspecified atom stereocenters. The Labute approximate surface area is 175 Å². The summed E-state index contributed by atoms with van der Waals surface area (Å²) in [5.74, 6) is 6.51. The van der Waals surface area contributed by atoms with Crippen LogP contribution < -0.4 is 20.6 Å². The van der Waals surface area contributed by atoms with Crippen molar-refractivity contribution in [3.05, 3.63) is 48.5 Å². The Morgan fingerprint density at radius 2 is 1.80 bits per heavy atom. The van der Waals surface area contributed by atoms with Gasteiger partial charge in [-0.15, -0.1) is 10.2 Å². The number of amides is 1. The molecule has 1 heterocycles. The lowest BCUT2D eigenvalue weighted by Gasteiger charge is -2.14. The second kappa shape index (κ2) is 9.44. The van der Waals surface area contributed by atoms with E-state index in [0.717, 1.165) is 11.8 Å². The number of aromatic nitrogens is 3. The van der Waals surface area contributed by atoms with E-state index in [1.54, 1.807) is 25.1 Å².